The molecule has 4 atom stereocenters. The predicted octanol–water partition coefficient (Wildman–Crippen LogP) is -1.46. The Bertz CT molecular complexity index is 620. The lowest BCUT2D eigenvalue weighted by Crippen LogP contribution is -2.41. The molecule has 0 aliphatic heterocycles. The van der Waals surface area contributed by atoms with E-state index in [9.17, 15) is 19.6 Å². The number of amides is 1. The number of nitrogens with zero attached hydrogens (tertiary/aromatic N) is 1. The minimum absolute atomic E-state index is 0.321. The first-order valence-corrected chi connectivity index (χ1v) is 8.55. The van der Waals surface area contributed by atoms with Gasteiger partial charge in [-0.3, -0.25) is 9.32 Å². The number of hydrogen-bond donors (Lipinski definition) is 5. The van der Waals surface area contributed by atoms with Gasteiger partial charge in [0.05, 0.1) is 18.8 Å². The van der Waals surface area contributed by atoms with Crippen LogP contribution < -0.4 is 10.3 Å². The number of hydrogen-bond acceptors (Lipinski definition) is 5. The molecule has 1 heterocycles. The highest BCUT2D eigenvalue weighted by Gasteiger charge is 2.43. The number of aliphatic hydroxyl groups excluding tert-OH is 2. The summed E-state index contributed by atoms with van der Waals surface area (Å²) in [6.07, 6.45) is 1.39. The summed E-state index contributed by atoms with van der Waals surface area (Å²) in [6, 6.07) is 3.21. The Morgan fingerprint density at radius 3 is 2.61 bits per heavy atom. The van der Waals surface area contributed by atoms with Gasteiger partial charge in [-0.2, -0.15) is 0 Å². The van der Waals surface area contributed by atoms with Crippen LogP contribution in [-0.2, 0) is 15.6 Å². The SMILES string of the molecule is NC(=O)c1ccc[n+](CC2CC(COP(=O)(O)O)C(O)C2O)c1. The predicted molar refractivity (Wildman–Crippen MR) is 76.8 cm³/mol. The van der Waals surface area contributed by atoms with Crippen LogP contribution >= 0.6 is 7.82 Å². The van der Waals surface area contributed by atoms with Crippen molar-refractivity contribution in [1.82, 2.24) is 0 Å². The van der Waals surface area contributed by atoms with Gasteiger partial charge in [-0.1, -0.05) is 0 Å². The number of phosphoric ester groups is 1. The lowest BCUT2D eigenvalue weighted by molar-refractivity contribution is -0.704. The largest absolute Gasteiger partial charge is 0.469 e. The van der Waals surface area contributed by atoms with Crippen molar-refractivity contribution in [2.45, 2.75) is 25.2 Å². The lowest BCUT2D eigenvalue weighted by atomic mass is 10.0. The van der Waals surface area contributed by atoms with Crippen molar-refractivity contribution in [1.29, 1.82) is 0 Å². The van der Waals surface area contributed by atoms with Gasteiger partial charge in [-0.25, -0.2) is 9.13 Å². The molecule has 23 heavy (non-hydrogen) atoms. The zero-order valence-electron chi connectivity index (χ0n) is 12.2. The van der Waals surface area contributed by atoms with Gasteiger partial charge in [0.15, 0.2) is 18.9 Å². The van der Waals surface area contributed by atoms with Crippen molar-refractivity contribution >= 4 is 13.7 Å². The molecule has 2 rings (SSSR count). The summed E-state index contributed by atoms with van der Waals surface area (Å²) < 4.78 is 16.8. The van der Waals surface area contributed by atoms with Crippen LogP contribution in [0.15, 0.2) is 24.5 Å². The van der Waals surface area contributed by atoms with Crippen LogP contribution in [0.5, 0.6) is 0 Å². The molecular formula is C13H20N2O7P+. The normalized spacial score (nSPS) is 28.0. The van der Waals surface area contributed by atoms with E-state index in [1.54, 1.807) is 29.1 Å². The first kappa shape index (κ1) is 18.0. The molecule has 0 radical (unpaired) electrons. The summed E-state index contributed by atoms with van der Waals surface area (Å²) in [5.41, 5.74) is 5.53. The maximum atomic E-state index is 11.2. The van der Waals surface area contributed by atoms with E-state index in [-0.39, 0.29) is 12.5 Å². The first-order chi connectivity index (χ1) is 10.7. The molecule has 1 fully saturated rings. The maximum Gasteiger partial charge on any atom is 0.469 e. The molecule has 1 amide bonds. The second kappa shape index (κ2) is 7.04. The van der Waals surface area contributed by atoms with E-state index in [2.05, 4.69) is 4.52 Å². The van der Waals surface area contributed by atoms with Crippen LogP contribution in [0.4, 0.5) is 0 Å². The average molecular weight is 347 g/mol. The zero-order valence-corrected chi connectivity index (χ0v) is 13.1. The van der Waals surface area contributed by atoms with Crippen LogP contribution in [0.25, 0.3) is 0 Å². The molecule has 1 aliphatic rings. The highest BCUT2D eigenvalue weighted by molar-refractivity contribution is 7.46. The Kier molecular flexibility index (Phi) is 5.51. The summed E-state index contributed by atoms with van der Waals surface area (Å²) in [7, 11) is -4.62. The Labute approximate surface area is 132 Å². The molecular weight excluding hydrogens is 327 g/mol. The van der Waals surface area contributed by atoms with E-state index in [1.807, 2.05) is 0 Å². The van der Waals surface area contributed by atoms with Crippen LogP contribution in [0.2, 0.25) is 0 Å². The molecule has 6 N–H and O–H groups in total. The second-order valence-corrected chi connectivity index (χ2v) is 6.92. The van der Waals surface area contributed by atoms with Gasteiger partial charge in [0, 0.05) is 17.9 Å². The Balaban J connectivity index is 2.02. The molecule has 1 aromatic rings. The maximum absolute atomic E-state index is 11.2. The summed E-state index contributed by atoms with van der Waals surface area (Å²) in [6.45, 7) is -0.0171. The average Bonchev–Trinajstić information content (AvgIpc) is 2.73. The van der Waals surface area contributed by atoms with Crippen molar-refractivity contribution in [3.63, 3.8) is 0 Å². The second-order valence-electron chi connectivity index (χ2n) is 5.68. The van der Waals surface area contributed by atoms with Gasteiger partial charge >= 0.3 is 7.82 Å². The number of aliphatic hydroxyl groups is 2. The van der Waals surface area contributed by atoms with E-state index < -0.39 is 31.9 Å². The molecule has 1 aromatic heterocycles. The van der Waals surface area contributed by atoms with Crippen molar-refractivity contribution < 1.29 is 38.5 Å². The van der Waals surface area contributed by atoms with Crippen molar-refractivity contribution in [2.24, 2.45) is 17.6 Å². The van der Waals surface area contributed by atoms with E-state index in [1.165, 1.54) is 0 Å². The zero-order chi connectivity index (χ0) is 17.2. The first-order valence-electron chi connectivity index (χ1n) is 7.02. The third-order valence-corrected chi connectivity index (χ3v) is 4.45. The molecule has 0 aromatic carbocycles. The smallest absolute Gasteiger partial charge is 0.390 e. The Morgan fingerprint density at radius 1 is 1.35 bits per heavy atom. The van der Waals surface area contributed by atoms with E-state index in [0.717, 1.165) is 0 Å². The van der Waals surface area contributed by atoms with Gasteiger partial charge in [0.2, 0.25) is 0 Å². The minimum atomic E-state index is -4.62. The topological polar surface area (TPSA) is 154 Å². The van der Waals surface area contributed by atoms with Crippen molar-refractivity contribution in [2.75, 3.05) is 6.61 Å². The van der Waals surface area contributed by atoms with Crippen molar-refractivity contribution in [3.8, 4) is 0 Å². The van der Waals surface area contributed by atoms with Gasteiger partial charge in [-0.05, 0) is 12.5 Å². The summed E-state index contributed by atoms with van der Waals surface area (Å²) in [5, 5.41) is 20.1. The third-order valence-electron chi connectivity index (χ3n) is 3.97. The summed E-state index contributed by atoms with van der Waals surface area (Å²) in [5.74, 6) is -1.50. The Hall–Kier alpha value is -1.35. The number of nitrogens with two attached hydrogens (primary N) is 1. The molecule has 4 unspecified atom stereocenters. The summed E-state index contributed by atoms with van der Waals surface area (Å²) >= 11 is 0. The molecule has 0 saturated heterocycles. The van der Waals surface area contributed by atoms with E-state index in [0.29, 0.717) is 18.5 Å². The number of primary amides is 1. The van der Waals surface area contributed by atoms with E-state index >= 15 is 0 Å². The minimum Gasteiger partial charge on any atom is -0.390 e. The lowest BCUT2D eigenvalue weighted by Gasteiger charge is -2.16. The van der Waals surface area contributed by atoms with E-state index in [4.69, 9.17) is 15.5 Å². The molecule has 128 valence electrons. The van der Waals surface area contributed by atoms with Crippen LogP contribution in [0.1, 0.15) is 16.8 Å². The number of aromatic nitrogens is 1. The van der Waals surface area contributed by atoms with Crippen LogP contribution in [0.3, 0.4) is 0 Å². The third kappa shape index (κ3) is 4.81. The quantitative estimate of drug-likeness (QED) is 0.311. The standard InChI is InChI=1S/C13H19N2O7P/c14-13(18)8-2-1-3-15(5-8)6-9-4-10(12(17)11(9)16)7-22-23(19,20)21/h1-3,5,9-12,16-17H,4,6-7H2,(H3-,14,18,19,20,21)/p+1. The van der Waals surface area contributed by atoms with Gasteiger partial charge in [-0.15, -0.1) is 0 Å². The molecule has 0 spiro atoms. The van der Waals surface area contributed by atoms with Gasteiger partial charge in [0.25, 0.3) is 5.91 Å². The van der Waals surface area contributed by atoms with Crippen LogP contribution in [0, 0.1) is 11.8 Å². The van der Waals surface area contributed by atoms with Crippen LogP contribution in [-0.4, -0.2) is 44.7 Å². The number of carbonyl (C=O) groups excluding carboxylic acids is 1. The molecule has 1 saturated carbocycles. The highest BCUT2D eigenvalue weighted by atomic mass is 31.2. The Morgan fingerprint density at radius 2 is 2.00 bits per heavy atom. The fraction of sp³-hybridized carbons (Fsp3) is 0.538. The number of phosphoric acid groups is 1. The molecule has 1 aliphatic carbocycles. The number of pyridine rings is 1. The van der Waals surface area contributed by atoms with Gasteiger partial charge in [0.1, 0.15) is 5.56 Å². The molecule has 0 bridgehead atoms. The number of rotatable bonds is 6. The monoisotopic (exact) mass is 347 g/mol. The van der Waals surface area contributed by atoms with Gasteiger partial charge < -0.3 is 25.7 Å². The number of carbonyl (C=O) groups is 1. The molecule has 9 nitrogen and oxygen atoms in total. The fourth-order valence-corrected chi connectivity index (χ4v) is 3.21. The molecule has 10 heteroatoms. The highest BCUT2D eigenvalue weighted by Crippen LogP contribution is 2.40. The fourth-order valence-electron chi connectivity index (χ4n) is 2.82. The summed E-state index contributed by atoms with van der Waals surface area (Å²) in [4.78, 5) is 28.6. The van der Waals surface area contributed by atoms with Crippen molar-refractivity contribution in [3.05, 3.63) is 30.1 Å².